The third-order valence-electron chi connectivity index (χ3n) is 3.84. The summed E-state index contributed by atoms with van der Waals surface area (Å²) in [7, 11) is 0. The van der Waals surface area contributed by atoms with E-state index < -0.39 is 0 Å². The Balaban J connectivity index is 1.66. The molecule has 0 aromatic heterocycles. The standard InChI is InChI=1S/C18H17ClO2/c19-16-7-3-6-15(10-16)18(20)12-21-17-9-8-13-4-1-2-5-14(13)11-17/h3,6-11H,1-2,4-5,12H2. The van der Waals surface area contributed by atoms with Gasteiger partial charge < -0.3 is 4.74 Å². The van der Waals surface area contributed by atoms with Crippen LogP contribution in [0.15, 0.2) is 42.5 Å². The van der Waals surface area contributed by atoms with Gasteiger partial charge in [-0.2, -0.15) is 0 Å². The van der Waals surface area contributed by atoms with Gasteiger partial charge in [0.05, 0.1) is 0 Å². The molecule has 2 aromatic carbocycles. The second-order valence-corrected chi connectivity index (χ2v) is 5.80. The van der Waals surface area contributed by atoms with Gasteiger partial charge >= 0.3 is 0 Å². The van der Waals surface area contributed by atoms with E-state index >= 15 is 0 Å². The molecule has 0 saturated heterocycles. The monoisotopic (exact) mass is 300 g/mol. The lowest BCUT2D eigenvalue weighted by atomic mass is 9.92. The van der Waals surface area contributed by atoms with Crippen LogP contribution in [0.3, 0.4) is 0 Å². The number of halogens is 1. The van der Waals surface area contributed by atoms with E-state index in [1.807, 2.05) is 6.07 Å². The normalized spacial score (nSPS) is 13.6. The Kier molecular flexibility index (Phi) is 4.26. The van der Waals surface area contributed by atoms with E-state index in [0.29, 0.717) is 10.6 Å². The van der Waals surface area contributed by atoms with Gasteiger partial charge in [0.1, 0.15) is 5.75 Å². The van der Waals surface area contributed by atoms with Gasteiger partial charge in [-0.25, -0.2) is 0 Å². The molecular weight excluding hydrogens is 284 g/mol. The van der Waals surface area contributed by atoms with Crippen LogP contribution in [0.5, 0.6) is 5.75 Å². The zero-order valence-corrected chi connectivity index (χ0v) is 12.5. The zero-order valence-electron chi connectivity index (χ0n) is 11.8. The minimum atomic E-state index is -0.0600. The Hall–Kier alpha value is -1.80. The van der Waals surface area contributed by atoms with Crippen molar-refractivity contribution in [1.82, 2.24) is 0 Å². The summed E-state index contributed by atoms with van der Waals surface area (Å²) in [5.41, 5.74) is 3.35. The number of fused-ring (bicyclic) bond motifs is 1. The first-order chi connectivity index (χ1) is 10.2. The number of rotatable bonds is 4. The van der Waals surface area contributed by atoms with Crippen molar-refractivity contribution in [3.05, 3.63) is 64.2 Å². The van der Waals surface area contributed by atoms with Crippen LogP contribution < -0.4 is 4.74 Å². The first kappa shape index (κ1) is 14.2. The maximum atomic E-state index is 12.1. The summed E-state index contributed by atoms with van der Waals surface area (Å²) in [5, 5.41) is 0.564. The van der Waals surface area contributed by atoms with Crippen molar-refractivity contribution in [2.75, 3.05) is 6.61 Å². The molecule has 0 bridgehead atoms. The first-order valence-corrected chi connectivity index (χ1v) is 7.63. The van der Waals surface area contributed by atoms with Crippen LogP contribution in [0.1, 0.15) is 34.3 Å². The molecule has 3 rings (SSSR count). The van der Waals surface area contributed by atoms with E-state index in [4.69, 9.17) is 16.3 Å². The van der Waals surface area contributed by atoms with E-state index in [9.17, 15) is 4.79 Å². The van der Waals surface area contributed by atoms with Crippen LogP contribution in [0.25, 0.3) is 0 Å². The second-order valence-electron chi connectivity index (χ2n) is 5.36. The molecule has 2 nitrogen and oxygen atoms in total. The highest BCUT2D eigenvalue weighted by molar-refractivity contribution is 6.31. The number of ether oxygens (including phenoxy) is 1. The maximum absolute atomic E-state index is 12.1. The lowest BCUT2D eigenvalue weighted by Crippen LogP contribution is -2.12. The van der Waals surface area contributed by atoms with E-state index in [1.54, 1.807) is 24.3 Å². The van der Waals surface area contributed by atoms with Gasteiger partial charge in [0, 0.05) is 10.6 Å². The summed E-state index contributed by atoms with van der Waals surface area (Å²) in [4.78, 5) is 12.1. The number of carbonyl (C=O) groups excluding carboxylic acids is 1. The van der Waals surface area contributed by atoms with Crippen molar-refractivity contribution in [3.8, 4) is 5.75 Å². The van der Waals surface area contributed by atoms with Crippen LogP contribution in [-0.2, 0) is 12.8 Å². The third kappa shape index (κ3) is 3.45. The fraction of sp³-hybridized carbons (Fsp3) is 0.278. The van der Waals surface area contributed by atoms with Crippen LogP contribution in [-0.4, -0.2) is 12.4 Å². The van der Waals surface area contributed by atoms with Crippen LogP contribution in [0.2, 0.25) is 5.02 Å². The molecule has 0 saturated carbocycles. The minimum Gasteiger partial charge on any atom is -0.485 e. The van der Waals surface area contributed by atoms with Crippen molar-refractivity contribution in [1.29, 1.82) is 0 Å². The molecule has 1 aliphatic rings. The Morgan fingerprint density at radius 1 is 1.05 bits per heavy atom. The Morgan fingerprint density at radius 2 is 1.86 bits per heavy atom. The van der Waals surface area contributed by atoms with Gasteiger partial charge in [-0.15, -0.1) is 0 Å². The van der Waals surface area contributed by atoms with Crippen molar-refractivity contribution < 1.29 is 9.53 Å². The second kappa shape index (κ2) is 6.31. The molecule has 0 radical (unpaired) electrons. The Labute approximate surface area is 129 Å². The average molecular weight is 301 g/mol. The molecule has 0 unspecified atom stereocenters. The molecule has 0 heterocycles. The molecule has 0 amide bonds. The molecule has 108 valence electrons. The Morgan fingerprint density at radius 3 is 2.67 bits per heavy atom. The average Bonchev–Trinajstić information content (AvgIpc) is 2.52. The fourth-order valence-electron chi connectivity index (χ4n) is 2.69. The molecule has 0 spiro atoms. The highest BCUT2D eigenvalue weighted by Gasteiger charge is 2.11. The molecule has 21 heavy (non-hydrogen) atoms. The number of benzene rings is 2. The summed E-state index contributed by atoms with van der Waals surface area (Å²) < 4.78 is 5.64. The van der Waals surface area contributed by atoms with E-state index in [0.717, 1.165) is 18.6 Å². The SMILES string of the molecule is O=C(COc1ccc2c(c1)CCCC2)c1cccc(Cl)c1. The van der Waals surface area contributed by atoms with E-state index in [-0.39, 0.29) is 12.4 Å². The lowest BCUT2D eigenvalue weighted by Gasteiger charge is -2.16. The van der Waals surface area contributed by atoms with Gasteiger partial charge in [-0.3, -0.25) is 4.79 Å². The molecule has 0 fully saturated rings. The highest BCUT2D eigenvalue weighted by Crippen LogP contribution is 2.25. The topological polar surface area (TPSA) is 26.3 Å². The van der Waals surface area contributed by atoms with Crippen LogP contribution in [0.4, 0.5) is 0 Å². The van der Waals surface area contributed by atoms with Crippen molar-refractivity contribution in [2.24, 2.45) is 0 Å². The number of hydrogen-bond donors (Lipinski definition) is 0. The molecule has 1 aliphatic carbocycles. The van der Waals surface area contributed by atoms with Crippen LogP contribution in [0, 0.1) is 0 Å². The number of aryl methyl sites for hydroxylation is 2. The van der Waals surface area contributed by atoms with Crippen LogP contribution >= 0.6 is 11.6 Å². The van der Waals surface area contributed by atoms with E-state index in [1.165, 1.54) is 24.0 Å². The van der Waals surface area contributed by atoms with Gasteiger partial charge in [-0.05, 0) is 61.1 Å². The number of carbonyl (C=O) groups is 1. The smallest absolute Gasteiger partial charge is 0.200 e. The minimum absolute atomic E-state index is 0.0408. The molecule has 0 atom stereocenters. The van der Waals surface area contributed by atoms with Gasteiger partial charge in [0.15, 0.2) is 12.4 Å². The summed E-state index contributed by atoms with van der Waals surface area (Å²) in [6, 6.07) is 13.1. The lowest BCUT2D eigenvalue weighted by molar-refractivity contribution is 0.0921. The molecule has 2 aromatic rings. The van der Waals surface area contributed by atoms with Gasteiger partial charge in [0.2, 0.25) is 0 Å². The Bertz CT molecular complexity index is 664. The largest absolute Gasteiger partial charge is 0.485 e. The van der Waals surface area contributed by atoms with Crippen molar-refractivity contribution in [3.63, 3.8) is 0 Å². The molecule has 3 heteroatoms. The van der Waals surface area contributed by atoms with Crippen molar-refractivity contribution in [2.45, 2.75) is 25.7 Å². The third-order valence-corrected chi connectivity index (χ3v) is 4.07. The summed E-state index contributed by atoms with van der Waals surface area (Å²) in [6.45, 7) is 0.0408. The molecule has 0 N–H and O–H groups in total. The van der Waals surface area contributed by atoms with Gasteiger partial charge in [-0.1, -0.05) is 29.8 Å². The number of hydrogen-bond acceptors (Lipinski definition) is 2. The maximum Gasteiger partial charge on any atom is 0.200 e. The first-order valence-electron chi connectivity index (χ1n) is 7.26. The quantitative estimate of drug-likeness (QED) is 0.778. The predicted octanol–water partition coefficient (Wildman–Crippen LogP) is 4.48. The fourth-order valence-corrected chi connectivity index (χ4v) is 2.88. The van der Waals surface area contributed by atoms with E-state index in [2.05, 4.69) is 12.1 Å². The summed E-state index contributed by atoms with van der Waals surface area (Å²) in [5.74, 6) is 0.709. The number of ketones is 1. The molecular formula is C18H17ClO2. The van der Waals surface area contributed by atoms with Gasteiger partial charge in [0.25, 0.3) is 0 Å². The van der Waals surface area contributed by atoms with Crippen molar-refractivity contribution >= 4 is 17.4 Å². The molecule has 0 aliphatic heterocycles. The highest BCUT2D eigenvalue weighted by atomic mass is 35.5. The summed E-state index contributed by atoms with van der Waals surface area (Å²) in [6.07, 6.45) is 4.75. The predicted molar refractivity (Wildman–Crippen MR) is 84.4 cm³/mol. The summed E-state index contributed by atoms with van der Waals surface area (Å²) >= 11 is 5.89. The zero-order chi connectivity index (χ0) is 14.7. The number of Topliss-reactive ketones (excluding diaryl/α,β-unsaturated/α-hetero) is 1.